The van der Waals surface area contributed by atoms with Crippen LogP contribution in [-0.4, -0.2) is 24.2 Å². The monoisotopic (exact) mass is 318 g/mol. The van der Waals surface area contributed by atoms with Gasteiger partial charge < -0.3 is 15.4 Å². The fraction of sp³-hybridized carbons (Fsp3) is 0.700. The van der Waals surface area contributed by atoms with Crippen molar-refractivity contribution in [1.82, 2.24) is 5.32 Å². The average Bonchev–Trinajstić information content (AvgIpc) is 2.35. The zero-order valence-electron chi connectivity index (χ0n) is 16.0. The SMILES string of the molecule is CC(C)(C)CC(C)(C)NCCc1ccc2c(c1)NCC(C)(C)O2. The van der Waals surface area contributed by atoms with Crippen LogP contribution in [0.1, 0.15) is 60.5 Å². The van der Waals surface area contributed by atoms with Crippen molar-refractivity contribution in [1.29, 1.82) is 0 Å². The summed E-state index contributed by atoms with van der Waals surface area (Å²) in [6.45, 7) is 17.5. The maximum atomic E-state index is 6.01. The number of fused-ring (bicyclic) bond motifs is 1. The van der Waals surface area contributed by atoms with Crippen LogP contribution in [0, 0.1) is 5.41 Å². The Hall–Kier alpha value is -1.22. The summed E-state index contributed by atoms with van der Waals surface area (Å²) in [6.07, 6.45) is 2.20. The molecule has 0 atom stereocenters. The molecule has 1 heterocycles. The minimum Gasteiger partial charge on any atom is -0.484 e. The lowest BCUT2D eigenvalue weighted by Gasteiger charge is -2.34. The van der Waals surface area contributed by atoms with Crippen molar-refractivity contribution in [2.24, 2.45) is 5.41 Å². The van der Waals surface area contributed by atoms with Gasteiger partial charge in [0.2, 0.25) is 0 Å². The molecule has 1 aliphatic heterocycles. The molecule has 0 unspecified atom stereocenters. The Labute approximate surface area is 142 Å². The predicted octanol–water partition coefficient (Wildman–Crippen LogP) is 4.62. The average molecular weight is 319 g/mol. The van der Waals surface area contributed by atoms with Crippen LogP contribution in [-0.2, 0) is 6.42 Å². The summed E-state index contributed by atoms with van der Waals surface area (Å²) in [5.41, 5.74) is 2.84. The normalized spacial score (nSPS) is 17.2. The van der Waals surface area contributed by atoms with E-state index in [1.165, 1.54) is 5.56 Å². The predicted molar refractivity (Wildman–Crippen MR) is 99.5 cm³/mol. The Kier molecular flexibility index (Phi) is 5.00. The highest BCUT2D eigenvalue weighted by atomic mass is 16.5. The number of benzene rings is 1. The van der Waals surface area contributed by atoms with Crippen LogP contribution in [0.4, 0.5) is 5.69 Å². The number of ether oxygens (including phenoxy) is 1. The number of hydrogen-bond donors (Lipinski definition) is 2. The standard InChI is InChI=1S/C20H34N2O/c1-18(2,3)13-19(4,5)22-11-10-15-8-9-17-16(12-15)21-14-20(6,7)23-17/h8-9,12,21-22H,10-11,13-14H2,1-7H3. The van der Waals surface area contributed by atoms with E-state index in [1.54, 1.807) is 0 Å². The van der Waals surface area contributed by atoms with Gasteiger partial charge in [-0.2, -0.15) is 0 Å². The summed E-state index contributed by atoms with van der Waals surface area (Å²) in [5.74, 6) is 0.964. The topological polar surface area (TPSA) is 33.3 Å². The van der Waals surface area contributed by atoms with E-state index in [0.29, 0.717) is 5.41 Å². The highest BCUT2D eigenvalue weighted by molar-refractivity contribution is 5.60. The van der Waals surface area contributed by atoms with Crippen LogP contribution in [0.15, 0.2) is 18.2 Å². The molecule has 1 aromatic carbocycles. The molecule has 2 rings (SSSR count). The molecule has 23 heavy (non-hydrogen) atoms. The zero-order valence-corrected chi connectivity index (χ0v) is 16.0. The third-order valence-corrected chi connectivity index (χ3v) is 4.12. The number of nitrogens with one attached hydrogen (secondary N) is 2. The Balaban J connectivity index is 1.90. The van der Waals surface area contributed by atoms with Crippen LogP contribution in [0.5, 0.6) is 5.75 Å². The van der Waals surface area contributed by atoms with E-state index >= 15 is 0 Å². The fourth-order valence-electron chi connectivity index (χ4n) is 3.54. The minimum atomic E-state index is -0.132. The molecule has 0 saturated heterocycles. The second-order valence-corrected chi connectivity index (χ2v) is 9.34. The third-order valence-electron chi connectivity index (χ3n) is 4.12. The Bertz CT molecular complexity index is 541. The first-order valence-electron chi connectivity index (χ1n) is 8.77. The van der Waals surface area contributed by atoms with Crippen molar-refractivity contribution in [2.45, 2.75) is 72.4 Å². The Morgan fingerprint density at radius 3 is 2.52 bits per heavy atom. The van der Waals surface area contributed by atoms with Gasteiger partial charge in [0.1, 0.15) is 11.4 Å². The maximum absolute atomic E-state index is 6.01. The lowest BCUT2D eigenvalue weighted by atomic mass is 9.82. The van der Waals surface area contributed by atoms with Gasteiger partial charge in [-0.1, -0.05) is 26.8 Å². The number of anilines is 1. The largest absolute Gasteiger partial charge is 0.484 e. The molecule has 0 aliphatic carbocycles. The van der Waals surface area contributed by atoms with Gasteiger partial charge in [0, 0.05) is 5.54 Å². The summed E-state index contributed by atoms with van der Waals surface area (Å²) < 4.78 is 6.01. The van der Waals surface area contributed by atoms with Crippen LogP contribution in [0.3, 0.4) is 0 Å². The minimum absolute atomic E-state index is 0.132. The summed E-state index contributed by atoms with van der Waals surface area (Å²) >= 11 is 0. The fourth-order valence-corrected chi connectivity index (χ4v) is 3.54. The van der Waals surface area contributed by atoms with Gasteiger partial charge in [0.15, 0.2) is 0 Å². The Morgan fingerprint density at radius 2 is 1.87 bits per heavy atom. The van der Waals surface area contributed by atoms with Crippen molar-refractivity contribution in [3.05, 3.63) is 23.8 Å². The molecule has 2 N–H and O–H groups in total. The van der Waals surface area contributed by atoms with Gasteiger partial charge in [0.05, 0.1) is 12.2 Å². The summed E-state index contributed by atoms with van der Waals surface area (Å²) in [7, 11) is 0. The number of hydrogen-bond acceptors (Lipinski definition) is 3. The van der Waals surface area contributed by atoms with E-state index in [9.17, 15) is 0 Å². The van der Waals surface area contributed by atoms with Crippen molar-refractivity contribution < 1.29 is 4.74 Å². The summed E-state index contributed by atoms with van der Waals surface area (Å²) in [5, 5.41) is 7.19. The molecule has 1 aromatic rings. The molecular weight excluding hydrogens is 284 g/mol. The molecule has 0 aromatic heterocycles. The van der Waals surface area contributed by atoms with E-state index in [4.69, 9.17) is 4.74 Å². The van der Waals surface area contributed by atoms with Gasteiger partial charge in [-0.25, -0.2) is 0 Å². The third kappa shape index (κ3) is 5.72. The first-order chi connectivity index (χ1) is 10.5. The number of rotatable bonds is 5. The first-order valence-corrected chi connectivity index (χ1v) is 8.77. The zero-order chi connectivity index (χ0) is 17.3. The molecule has 0 spiro atoms. The van der Waals surface area contributed by atoms with Gasteiger partial charge in [-0.15, -0.1) is 0 Å². The van der Waals surface area contributed by atoms with Crippen molar-refractivity contribution in [2.75, 3.05) is 18.4 Å². The van der Waals surface area contributed by atoms with Crippen LogP contribution >= 0.6 is 0 Å². The molecule has 0 bridgehead atoms. The Morgan fingerprint density at radius 1 is 1.17 bits per heavy atom. The smallest absolute Gasteiger partial charge is 0.143 e. The molecule has 130 valence electrons. The quantitative estimate of drug-likeness (QED) is 0.831. The van der Waals surface area contributed by atoms with Gasteiger partial charge >= 0.3 is 0 Å². The van der Waals surface area contributed by atoms with Crippen molar-refractivity contribution in [3.63, 3.8) is 0 Å². The van der Waals surface area contributed by atoms with Gasteiger partial charge in [0.25, 0.3) is 0 Å². The summed E-state index contributed by atoms with van der Waals surface area (Å²) in [4.78, 5) is 0. The molecule has 1 aliphatic rings. The molecule has 0 saturated carbocycles. The van der Waals surface area contributed by atoms with Crippen molar-refractivity contribution in [3.8, 4) is 5.75 Å². The van der Waals surface area contributed by atoms with E-state index in [0.717, 1.165) is 37.4 Å². The first kappa shape index (κ1) is 18.1. The molecule has 3 heteroatoms. The molecule has 3 nitrogen and oxygen atoms in total. The van der Waals surface area contributed by atoms with Crippen LogP contribution in [0.25, 0.3) is 0 Å². The van der Waals surface area contributed by atoms with E-state index < -0.39 is 0 Å². The lowest BCUT2D eigenvalue weighted by molar-refractivity contribution is 0.116. The second kappa shape index (κ2) is 6.35. The lowest BCUT2D eigenvalue weighted by Crippen LogP contribution is -2.43. The summed E-state index contributed by atoms with van der Waals surface area (Å²) in [6, 6.07) is 6.50. The highest BCUT2D eigenvalue weighted by Crippen LogP contribution is 2.33. The van der Waals surface area contributed by atoms with E-state index in [-0.39, 0.29) is 11.1 Å². The molecular formula is C20H34N2O. The van der Waals surface area contributed by atoms with Crippen LogP contribution in [0.2, 0.25) is 0 Å². The van der Waals surface area contributed by atoms with Gasteiger partial charge in [-0.05, 0) is 70.2 Å². The highest BCUT2D eigenvalue weighted by Gasteiger charge is 2.26. The maximum Gasteiger partial charge on any atom is 0.143 e. The van der Waals surface area contributed by atoms with Crippen molar-refractivity contribution >= 4 is 5.69 Å². The van der Waals surface area contributed by atoms with E-state index in [1.807, 2.05) is 0 Å². The molecule has 0 amide bonds. The van der Waals surface area contributed by atoms with Gasteiger partial charge in [-0.3, -0.25) is 0 Å². The molecule has 0 radical (unpaired) electrons. The molecule has 0 fully saturated rings. The van der Waals surface area contributed by atoms with Crippen LogP contribution < -0.4 is 15.4 Å². The van der Waals surface area contributed by atoms with E-state index in [2.05, 4.69) is 77.3 Å². The second-order valence-electron chi connectivity index (χ2n) is 9.34.